The fraction of sp³-hybridized carbons (Fsp3) is 0.417. The summed E-state index contributed by atoms with van der Waals surface area (Å²) in [4.78, 5) is 39.4. The third-order valence-corrected chi connectivity index (χ3v) is 6.84. The number of aromatic nitrogens is 3. The van der Waals surface area contributed by atoms with Gasteiger partial charge in [0.15, 0.2) is 0 Å². The van der Waals surface area contributed by atoms with Crippen LogP contribution in [0.1, 0.15) is 53.8 Å². The molecule has 2 amide bonds. The lowest BCUT2D eigenvalue weighted by Gasteiger charge is -2.27. The molecule has 32 heavy (non-hydrogen) atoms. The number of carbonyl (C=O) groups excluding carboxylic acids is 2. The molecule has 8 nitrogen and oxygen atoms in total. The Hall–Kier alpha value is -3.42. The highest BCUT2D eigenvalue weighted by atomic mass is 16.3. The molecular formula is C24H27N5O3. The maximum absolute atomic E-state index is 13.8. The molecule has 0 bridgehead atoms. The molecule has 1 spiro atoms. The van der Waals surface area contributed by atoms with Gasteiger partial charge in [0, 0.05) is 56.7 Å². The number of carbonyl (C=O) groups is 2. The first-order chi connectivity index (χ1) is 15.5. The zero-order chi connectivity index (χ0) is 22.3. The molecule has 0 radical (unpaired) electrons. The average molecular weight is 434 g/mol. The number of hydrogen-bond acceptors (Lipinski definition) is 5. The molecule has 0 N–H and O–H groups in total. The summed E-state index contributed by atoms with van der Waals surface area (Å²) in [6, 6.07) is 5.81. The van der Waals surface area contributed by atoms with Gasteiger partial charge in [-0.1, -0.05) is 0 Å². The van der Waals surface area contributed by atoms with E-state index < -0.39 is 5.41 Å². The standard InChI is InChI=1S/C24H27N5O3/c1-17(2)29-13-21(26-16-29)20-12-28(22(30)19-5-10-32-14-19)15-24(20)6-9-27(23(24)31)11-18-3-7-25-8-4-18/h3-5,7-8,10,13-14,16-17,20H,6,9,11-12,15H2,1-2H3/t20-,24+/m0/s1. The Morgan fingerprint density at radius 2 is 2.09 bits per heavy atom. The zero-order valence-corrected chi connectivity index (χ0v) is 18.3. The molecule has 3 aromatic heterocycles. The van der Waals surface area contributed by atoms with Crippen LogP contribution < -0.4 is 0 Å². The minimum atomic E-state index is -0.664. The quantitative estimate of drug-likeness (QED) is 0.617. The molecule has 166 valence electrons. The lowest BCUT2D eigenvalue weighted by molar-refractivity contribution is -0.136. The van der Waals surface area contributed by atoms with Crippen LogP contribution in [0.2, 0.25) is 0 Å². The fourth-order valence-electron chi connectivity index (χ4n) is 5.01. The zero-order valence-electron chi connectivity index (χ0n) is 18.3. The highest BCUT2D eigenvalue weighted by Crippen LogP contribution is 2.50. The van der Waals surface area contributed by atoms with Gasteiger partial charge < -0.3 is 18.8 Å². The van der Waals surface area contributed by atoms with E-state index in [1.54, 1.807) is 23.4 Å². The van der Waals surface area contributed by atoms with Crippen molar-refractivity contribution in [1.82, 2.24) is 24.3 Å². The van der Waals surface area contributed by atoms with Gasteiger partial charge in [-0.05, 0) is 44.0 Å². The SMILES string of the molecule is CC(C)n1cnc([C@@H]2CN(C(=O)c3ccoc3)C[C@]23CCN(Cc2ccncc2)C3=O)c1. The number of pyridine rings is 1. The molecule has 0 unspecified atom stereocenters. The van der Waals surface area contributed by atoms with E-state index in [0.29, 0.717) is 38.2 Å². The second kappa shape index (κ2) is 7.93. The monoisotopic (exact) mass is 433 g/mol. The van der Waals surface area contributed by atoms with E-state index >= 15 is 0 Å². The van der Waals surface area contributed by atoms with Crippen molar-refractivity contribution in [2.75, 3.05) is 19.6 Å². The molecule has 5 rings (SSSR count). The van der Waals surface area contributed by atoms with Crippen LogP contribution in [-0.2, 0) is 11.3 Å². The van der Waals surface area contributed by atoms with Gasteiger partial charge >= 0.3 is 0 Å². The molecule has 0 saturated carbocycles. The summed E-state index contributed by atoms with van der Waals surface area (Å²) in [6.45, 7) is 6.27. The van der Waals surface area contributed by atoms with Crippen LogP contribution in [0, 0.1) is 5.41 Å². The molecule has 2 aliphatic heterocycles. The summed E-state index contributed by atoms with van der Waals surface area (Å²) in [5.41, 5.74) is 1.77. The molecular weight excluding hydrogens is 406 g/mol. The van der Waals surface area contributed by atoms with Crippen molar-refractivity contribution in [3.05, 3.63) is 72.5 Å². The minimum Gasteiger partial charge on any atom is -0.472 e. The average Bonchev–Trinajstić information content (AvgIpc) is 3.58. The van der Waals surface area contributed by atoms with Crippen molar-refractivity contribution in [3.8, 4) is 0 Å². The summed E-state index contributed by atoms with van der Waals surface area (Å²) in [5, 5.41) is 0. The molecule has 2 fully saturated rings. The van der Waals surface area contributed by atoms with Crippen LogP contribution in [0.25, 0.3) is 0 Å². The Morgan fingerprint density at radius 3 is 2.78 bits per heavy atom. The molecule has 0 aliphatic carbocycles. The van der Waals surface area contributed by atoms with Crippen molar-refractivity contribution in [3.63, 3.8) is 0 Å². The van der Waals surface area contributed by atoms with Crippen LogP contribution in [0.15, 0.2) is 60.1 Å². The molecule has 3 aromatic rings. The van der Waals surface area contributed by atoms with Gasteiger partial charge in [-0.15, -0.1) is 0 Å². The highest BCUT2D eigenvalue weighted by molar-refractivity contribution is 5.95. The Balaban J connectivity index is 1.47. The molecule has 8 heteroatoms. The topological polar surface area (TPSA) is 84.5 Å². The number of imidazole rings is 1. The second-order valence-corrected chi connectivity index (χ2v) is 9.08. The molecule has 2 atom stereocenters. The predicted molar refractivity (Wildman–Crippen MR) is 117 cm³/mol. The number of hydrogen-bond donors (Lipinski definition) is 0. The maximum Gasteiger partial charge on any atom is 0.257 e. The van der Waals surface area contributed by atoms with Crippen LogP contribution in [0.4, 0.5) is 0 Å². The number of nitrogens with zero attached hydrogens (tertiary/aromatic N) is 5. The van der Waals surface area contributed by atoms with Crippen molar-refractivity contribution < 1.29 is 14.0 Å². The third kappa shape index (κ3) is 3.39. The van der Waals surface area contributed by atoms with E-state index in [1.807, 2.05) is 29.6 Å². The van der Waals surface area contributed by atoms with Gasteiger partial charge in [0.1, 0.15) is 6.26 Å². The predicted octanol–water partition coefficient (Wildman–Crippen LogP) is 3.11. The van der Waals surface area contributed by atoms with Gasteiger partial charge in [-0.25, -0.2) is 4.98 Å². The summed E-state index contributed by atoms with van der Waals surface area (Å²) in [7, 11) is 0. The number of furan rings is 1. The Morgan fingerprint density at radius 1 is 1.28 bits per heavy atom. The Kier molecular flexibility index (Phi) is 5.07. The van der Waals surface area contributed by atoms with E-state index in [-0.39, 0.29) is 23.8 Å². The van der Waals surface area contributed by atoms with Crippen LogP contribution in [-0.4, -0.2) is 55.8 Å². The second-order valence-electron chi connectivity index (χ2n) is 9.08. The van der Waals surface area contributed by atoms with Crippen molar-refractivity contribution in [2.24, 2.45) is 5.41 Å². The van der Waals surface area contributed by atoms with Crippen LogP contribution in [0.5, 0.6) is 0 Å². The van der Waals surface area contributed by atoms with E-state index in [9.17, 15) is 9.59 Å². The Labute approximate surface area is 186 Å². The van der Waals surface area contributed by atoms with Gasteiger partial charge in [0.25, 0.3) is 5.91 Å². The minimum absolute atomic E-state index is 0.0981. The summed E-state index contributed by atoms with van der Waals surface area (Å²) in [6.07, 6.45) is 11.0. The Bertz CT molecular complexity index is 1110. The summed E-state index contributed by atoms with van der Waals surface area (Å²) < 4.78 is 7.17. The van der Waals surface area contributed by atoms with Gasteiger partial charge in [0.05, 0.1) is 29.3 Å². The summed E-state index contributed by atoms with van der Waals surface area (Å²) >= 11 is 0. The highest BCUT2D eigenvalue weighted by Gasteiger charge is 2.58. The fourth-order valence-corrected chi connectivity index (χ4v) is 5.01. The van der Waals surface area contributed by atoms with Crippen molar-refractivity contribution in [1.29, 1.82) is 0 Å². The molecule has 5 heterocycles. The number of amides is 2. The van der Waals surface area contributed by atoms with E-state index in [0.717, 1.165) is 11.3 Å². The maximum atomic E-state index is 13.8. The summed E-state index contributed by atoms with van der Waals surface area (Å²) in [5.74, 6) is -0.154. The third-order valence-electron chi connectivity index (χ3n) is 6.84. The first-order valence-corrected chi connectivity index (χ1v) is 11.0. The smallest absolute Gasteiger partial charge is 0.257 e. The van der Waals surface area contributed by atoms with E-state index in [1.165, 1.54) is 12.5 Å². The van der Waals surface area contributed by atoms with Crippen molar-refractivity contribution in [2.45, 2.75) is 38.8 Å². The molecule has 2 saturated heterocycles. The van der Waals surface area contributed by atoms with Crippen molar-refractivity contribution >= 4 is 11.8 Å². The normalized spacial score (nSPS) is 23.1. The number of likely N-dealkylation sites (tertiary alicyclic amines) is 2. The van der Waals surface area contributed by atoms with Crippen LogP contribution in [0.3, 0.4) is 0 Å². The van der Waals surface area contributed by atoms with E-state index in [2.05, 4.69) is 28.4 Å². The largest absolute Gasteiger partial charge is 0.472 e. The van der Waals surface area contributed by atoms with Gasteiger partial charge in [-0.3, -0.25) is 14.6 Å². The first kappa shape index (κ1) is 20.5. The number of rotatable bonds is 5. The first-order valence-electron chi connectivity index (χ1n) is 11.0. The van der Waals surface area contributed by atoms with Gasteiger partial charge in [0.2, 0.25) is 5.91 Å². The molecule has 2 aliphatic rings. The van der Waals surface area contributed by atoms with Gasteiger partial charge in [-0.2, -0.15) is 0 Å². The lowest BCUT2D eigenvalue weighted by atomic mass is 9.75. The molecule has 0 aromatic carbocycles. The van der Waals surface area contributed by atoms with E-state index in [4.69, 9.17) is 4.42 Å². The van der Waals surface area contributed by atoms with Crippen LogP contribution >= 0.6 is 0 Å². The lowest BCUT2D eigenvalue weighted by Crippen LogP contribution is -2.40.